The Hall–Kier alpha value is -5.65. The highest BCUT2D eigenvalue weighted by Gasteiger charge is 2.16. The van der Waals surface area contributed by atoms with Crippen molar-refractivity contribution in [1.29, 1.82) is 0 Å². The minimum absolute atomic E-state index is 0.651. The molecule has 4 nitrogen and oxygen atoms in total. The number of benzene rings is 6. The molecule has 3 heterocycles. The van der Waals surface area contributed by atoms with Gasteiger partial charge in [-0.2, -0.15) is 0 Å². The van der Waals surface area contributed by atoms with Crippen LogP contribution in [0.25, 0.3) is 87.4 Å². The van der Waals surface area contributed by atoms with Gasteiger partial charge in [-0.05, 0) is 35.4 Å². The van der Waals surface area contributed by atoms with E-state index in [4.69, 9.17) is 19.4 Å². The van der Waals surface area contributed by atoms with Gasteiger partial charge in [0.2, 0.25) is 0 Å². The first-order valence-electron chi connectivity index (χ1n) is 14.5. The number of thiophene rings is 1. The summed E-state index contributed by atoms with van der Waals surface area (Å²) in [5.74, 6) is 1.97. The molecule has 0 saturated carbocycles. The average molecular weight is 582 g/mol. The maximum absolute atomic E-state index is 6.33. The fraction of sp³-hybridized carbons (Fsp3) is 0. The van der Waals surface area contributed by atoms with E-state index in [9.17, 15) is 0 Å². The second-order valence-electron chi connectivity index (χ2n) is 10.8. The van der Waals surface area contributed by atoms with E-state index in [1.807, 2.05) is 72.8 Å². The Kier molecular flexibility index (Phi) is 5.64. The zero-order chi connectivity index (χ0) is 29.0. The van der Waals surface area contributed by atoms with Gasteiger partial charge in [-0.1, -0.05) is 115 Å². The number of rotatable bonds is 4. The Labute approximate surface area is 256 Å². The summed E-state index contributed by atoms with van der Waals surface area (Å²) in [6, 6.07) is 48.0. The molecule has 0 radical (unpaired) electrons. The number of aromatic nitrogens is 3. The number of para-hydroxylation sites is 1. The lowest BCUT2D eigenvalue weighted by molar-refractivity contribution is 0.673. The lowest BCUT2D eigenvalue weighted by atomic mass is 10.0. The fourth-order valence-corrected chi connectivity index (χ4v) is 7.11. The topological polar surface area (TPSA) is 51.8 Å². The van der Waals surface area contributed by atoms with Gasteiger partial charge in [0, 0.05) is 42.9 Å². The molecule has 3 aromatic heterocycles. The molecule has 6 aromatic carbocycles. The van der Waals surface area contributed by atoms with E-state index in [2.05, 4.69) is 66.7 Å². The molecule has 0 aliphatic heterocycles. The van der Waals surface area contributed by atoms with Gasteiger partial charge in [-0.3, -0.25) is 0 Å². The largest absolute Gasteiger partial charge is 0.455 e. The smallest absolute Gasteiger partial charge is 0.164 e. The zero-order valence-electron chi connectivity index (χ0n) is 23.4. The van der Waals surface area contributed by atoms with E-state index in [-0.39, 0.29) is 0 Å². The van der Waals surface area contributed by atoms with Crippen LogP contribution in [-0.2, 0) is 0 Å². The SMILES string of the molecule is c1ccc(-c2nc(-c3ccccc3)nc(-c3ccc(-c4ccc5sc6c(ccc7c8ccccc8oc76)c5c4)cc3)n2)cc1. The molecule has 5 heteroatoms. The number of fused-ring (bicyclic) bond motifs is 7. The molecule has 0 saturated heterocycles. The molecule has 44 heavy (non-hydrogen) atoms. The normalized spacial score (nSPS) is 11.6. The highest BCUT2D eigenvalue weighted by atomic mass is 32.1. The molecule has 0 aliphatic carbocycles. The van der Waals surface area contributed by atoms with Crippen molar-refractivity contribution in [2.24, 2.45) is 0 Å². The molecule has 9 aromatic rings. The van der Waals surface area contributed by atoms with Crippen LogP contribution in [-0.4, -0.2) is 15.0 Å². The van der Waals surface area contributed by atoms with E-state index in [0.717, 1.165) is 38.8 Å². The summed E-state index contributed by atoms with van der Waals surface area (Å²) >= 11 is 1.79. The van der Waals surface area contributed by atoms with Crippen molar-refractivity contribution in [3.05, 3.63) is 140 Å². The van der Waals surface area contributed by atoms with Gasteiger partial charge >= 0.3 is 0 Å². The van der Waals surface area contributed by atoms with Crippen molar-refractivity contribution in [1.82, 2.24) is 15.0 Å². The third-order valence-corrected chi connectivity index (χ3v) is 9.34. The summed E-state index contributed by atoms with van der Waals surface area (Å²) in [6.07, 6.45) is 0. The Bertz CT molecular complexity index is 2420. The summed E-state index contributed by atoms with van der Waals surface area (Å²) in [4.78, 5) is 14.6. The van der Waals surface area contributed by atoms with Crippen LogP contribution in [0.3, 0.4) is 0 Å². The molecular formula is C39H23N3OS. The molecule has 9 rings (SSSR count). The first-order valence-corrected chi connectivity index (χ1v) is 15.3. The van der Waals surface area contributed by atoms with Gasteiger partial charge in [0.25, 0.3) is 0 Å². The third kappa shape index (κ3) is 4.09. The van der Waals surface area contributed by atoms with Crippen LogP contribution in [0.15, 0.2) is 144 Å². The van der Waals surface area contributed by atoms with Crippen LogP contribution in [0.2, 0.25) is 0 Å². The van der Waals surface area contributed by atoms with Gasteiger partial charge < -0.3 is 4.42 Å². The number of furan rings is 1. The second kappa shape index (κ2) is 9.97. The summed E-state index contributed by atoms with van der Waals surface area (Å²) in [6.45, 7) is 0. The van der Waals surface area contributed by atoms with Crippen LogP contribution in [0.1, 0.15) is 0 Å². The Morgan fingerprint density at radius 1 is 0.409 bits per heavy atom. The highest BCUT2D eigenvalue weighted by molar-refractivity contribution is 7.26. The molecule has 206 valence electrons. The van der Waals surface area contributed by atoms with Gasteiger partial charge in [0.15, 0.2) is 23.1 Å². The summed E-state index contributed by atoms with van der Waals surface area (Å²) in [5.41, 5.74) is 7.07. The van der Waals surface area contributed by atoms with Crippen LogP contribution < -0.4 is 0 Å². The summed E-state index contributed by atoms with van der Waals surface area (Å²) in [5, 5.41) is 4.79. The van der Waals surface area contributed by atoms with Crippen molar-refractivity contribution in [3.63, 3.8) is 0 Å². The van der Waals surface area contributed by atoms with Crippen LogP contribution in [0.5, 0.6) is 0 Å². The first kappa shape index (κ1) is 24.9. The first-order chi connectivity index (χ1) is 21.8. The van der Waals surface area contributed by atoms with Crippen molar-refractivity contribution in [3.8, 4) is 45.3 Å². The maximum Gasteiger partial charge on any atom is 0.164 e. The lowest BCUT2D eigenvalue weighted by Gasteiger charge is -2.09. The zero-order valence-corrected chi connectivity index (χ0v) is 24.3. The van der Waals surface area contributed by atoms with Crippen LogP contribution >= 0.6 is 11.3 Å². The Balaban J connectivity index is 1.12. The van der Waals surface area contributed by atoms with Gasteiger partial charge in [0.1, 0.15) is 5.58 Å². The van der Waals surface area contributed by atoms with Crippen molar-refractivity contribution >= 4 is 53.4 Å². The number of nitrogens with zero attached hydrogens (tertiary/aromatic N) is 3. The molecular weight excluding hydrogens is 559 g/mol. The van der Waals surface area contributed by atoms with Gasteiger partial charge in [0.05, 0.1) is 4.70 Å². The van der Waals surface area contributed by atoms with Gasteiger partial charge in [-0.15, -0.1) is 11.3 Å². The molecule has 0 aliphatic rings. The quantitative estimate of drug-likeness (QED) is 0.207. The maximum atomic E-state index is 6.33. The van der Waals surface area contributed by atoms with Crippen molar-refractivity contribution in [2.45, 2.75) is 0 Å². The molecule has 0 spiro atoms. The molecule has 0 N–H and O–H groups in total. The fourth-order valence-electron chi connectivity index (χ4n) is 5.95. The lowest BCUT2D eigenvalue weighted by Crippen LogP contribution is -2.00. The van der Waals surface area contributed by atoms with Crippen LogP contribution in [0, 0.1) is 0 Å². The monoisotopic (exact) mass is 581 g/mol. The Morgan fingerprint density at radius 2 is 0.955 bits per heavy atom. The van der Waals surface area contributed by atoms with Crippen molar-refractivity contribution in [2.75, 3.05) is 0 Å². The highest BCUT2D eigenvalue weighted by Crippen LogP contribution is 2.42. The molecule has 0 bridgehead atoms. The van der Waals surface area contributed by atoms with Crippen LogP contribution in [0.4, 0.5) is 0 Å². The van der Waals surface area contributed by atoms with E-state index in [1.54, 1.807) is 11.3 Å². The van der Waals surface area contributed by atoms with Gasteiger partial charge in [-0.25, -0.2) is 15.0 Å². The molecule has 0 atom stereocenters. The Morgan fingerprint density at radius 3 is 1.64 bits per heavy atom. The summed E-state index contributed by atoms with van der Waals surface area (Å²) in [7, 11) is 0. The van der Waals surface area contributed by atoms with E-state index in [0.29, 0.717) is 17.5 Å². The molecule has 0 fully saturated rings. The van der Waals surface area contributed by atoms with E-state index < -0.39 is 0 Å². The standard InChI is InChI=1S/C39H23N3OS/c1-3-9-25(10-4-1)37-40-38(26-11-5-2-6-12-26)42-39(41-37)27-17-15-24(16-18-27)28-19-22-34-32(23-28)31-21-20-30-29-13-7-8-14-33(29)43-35(30)36(31)44-34/h1-23H. The average Bonchev–Trinajstić information content (AvgIpc) is 3.67. The predicted octanol–water partition coefficient (Wildman–Crippen LogP) is 10.8. The van der Waals surface area contributed by atoms with E-state index >= 15 is 0 Å². The molecule has 0 unspecified atom stereocenters. The minimum Gasteiger partial charge on any atom is -0.455 e. The minimum atomic E-state index is 0.651. The number of hydrogen-bond acceptors (Lipinski definition) is 5. The molecule has 0 amide bonds. The summed E-state index contributed by atoms with van der Waals surface area (Å²) < 4.78 is 8.78. The predicted molar refractivity (Wildman–Crippen MR) is 182 cm³/mol. The third-order valence-electron chi connectivity index (χ3n) is 8.16. The van der Waals surface area contributed by atoms with E-state index in [1.165, 1.54) is 31.1 Å². The second-order valence-corrected chi connectivity index (χ2v) is 11.9. The number of hydrogen-bond donors (Lipinski definition) is 0. The van der Waals surface area contributed by atoms with Crippen molar-refractivity contribution < 1.29 is 4.42 Å².